The molecule has 0 aromatic heterocycles. The molecule has 2 rings (SSSR count). The van der Waals surface area contributed by atoms with E-state index in [4.69, 9.17) is 15.2 Å². The van der Waals surface area contributed by atoms with Gasteiger partial charge < -0.3 is 25.4 Å². The Kier molecular flexibility index (Phi) is 6.06. The van der Waals surface area contributed by atoms with Crippen molar-refractivity contribution in [2.75, 3.05) is 14.2 Å². The molecule has 3 atom stereocenters. The number of nitrogens with two attached hydrogens (primary N) is 1. The van der Waals surface area contributed by atoms with Crippen molar-refractivity contribution in [2.24, 2.45) is 11.7 Å². The minimum atomic E-state index is -0.929. The van der Waals surface area contributed by atoms with Gasteiger partial charge in [0.15, 0.2) is 11.5 Å². The summed E-state index contributed by atoms with van der Waals surface area (Å²) in [5.74, 6) is 1.39. The van der Waals surface area contributed by atoms with Crippen LogP contribution in [0.5, 0.6) is 17.2 Å². The van der Waals surface area contributed by atoms with Gasteiger partial charge in [-0.3, -0.25) is 0 Å². The van der Waals surface area contributed by atoms with Gasteiger partial charge in [0.2, 0.25) is 0 Å². The minimum absolute atomic E-state index is 0.00212. The summed E-state index contributed by atoms with van der Waals surface area (Å²) in [5.41, 5.74) is 7.71. The van der Waals surface area contributed by atoms with Crippen molar-refractivity contribution in [1.82, 2.24) is 0 Å². The number of aromatic hydroxyl groups is 1. The highest BCUT2D eigenvalue weighted by Gasteiger charge is 2.25. The van der Waals surface area contributed by atoms with E-state index in [0.29, 0.717) is 23.5 Å². The third-order valence-electron chi connectivity index (χ3n) is 4.28. The van der Waals surface area contributed by atoms with Gasteiger partial charge in [0, 0.05) is 11.6 Å². The average molecular weight is 331 g/mol. The Balaban J connectivity index is 2.11. The second-order valence-corrected chi connectivity index (χ2v) is 5.95. The minimum Gasteiger partial charge on any atom is -0.508 e. The standard InChI is InChI=1S/C19H25NO4/c1-12(10-13-8-9-16(23-2)17(11-13)24-3)18(20)19(22)14-6-4-5-7-15(14)21/h4-9,11-12,18-19,21-22H,10,20H2,1-3H3. The zero-order valence-corrected chi connectivity index (χ0v) is 14.3. The zero-order valence-electron chi connectivity index (χ0n) is 14.3. The molecule has 0 amide bonds. The van der Waals surface area contributed by atoms with Gasteiger partial charge in [-0.25, -0.2) is 0 Å². The van der Waals surface area contributed by atoms with E-state index in [1.54, 1.807) is 38.5 Å². The molecular weight excluding hydrogens is 306 g/mol. The van der Waals surface area contributed by atoms with Gasteiger partial charge >= 0.3 is 0 Å². The first-order chi connectivity index (χ1) is 11.5. The first-order valence-electron chi connectivity index (χ1n) is 7.90. The molecule has 24 heavy (non-hydrogen) atoms. The Morgan fingerprint density at radius 1 is 1.04 bits per heavy atom. The Morgan fingerprint density at radius 3 is 2.33 bits per heavy atom. The Morgan fingerprint density at radius 2 is 1.71 bits per heavy atom. The molecule has 0 spiro atoms. The van der Waals surface area contributed by atoms with Crippen molar-refractivity contribution in [3.8, 4) is 17.2 Å². The third kappa shape index (κ3) is 3.99. The first kappa shape index (κ1) is 18.1. The van der Waals surface area contributed by atoms with Gasteiger partial charge in [0.25, 0.3) is 0 Å². The van der Waals surface area contributed by atoms with Crippen LogP contribution < -0.4 is 15.2 Å². The van der Waals surface area contributed by atoms with E-state index in [1.807, 2.05) is 25.1 Å². The lowest BCUT2D eigenvalue weighted by Gasteiger charge is -2.26. The Bertz CT molecular complexity index is 674. The molecule has 4 N–H and O–H groups in total. The topological polar surface area (TPSA) is 84.9 Å². The van der Waals surface area contributed by atoms with Gasteiger partial charge in [-0.1, -0.05) is 31.2 Å². The fraction of sp³-hybridized carbons (Fsp3) is 0.368. The number of hydrogen-bond acceptors (Lipinski definition) is 5. The highest BCUT2D eigenvalue weighted by atomic mass is 16.5. The van der Waals surface area contributed by atoms with Crippen LogP contribution in [0.2, 0.25) is 0 Å². The van der Waals surface area contributed by atoms with Crippen molar-refractivity contribution >= 4 is 0 Å². The van der Waals surface area contributed by atoms with E-state index >= 15 is 0 Å². The molecule has 0 aliphatic heterocycles. The number of phenolic OH excluding ortho intramolecular Hbond substituents is 1. The number of para-hydroxylation sites is 1. The van der Waals surface area contributed by atoms with Gasteiger partial charge in [-0.05, 0) is 36.1 Å². The van der Waals surface area contributed by atoms with Crippen molar-refractivity contribution in [3.63, 3.8) is 0 Å². The lowest BCUT2D eigenvalue weighted by atomic mass is 9.88. The predicted molar refractivity (Wildman–Crippen MR) is 93.5 cm³/mol. The lowest BCUT2D eigenvalue weighted by Crippen LogP contribution is -2.36. The van der Waals surface area contributed by atoms with Gasteiger partial charge in [-0.2, -0.15) is 0 Å². The molecule has 0 heterocycles. The van der Waals surface area contributed by atoms with Gasteiger partial charge in [0.05, 0.1) is 20.3 Å². The molecule has 2 aromatic rings. The van der Waals surface area contributed by atoms with Crippen LogP contribution >= 0.6 is 0 Å². The summed E-state index contributed by atoms with van der Waals surface area (Å²) in [4.78, 5) is 0. The van der Waals surface area contributed by atoms with Crippen LogP contribution in [0, 0.1) is 5.92 Å². The number of aliphatic hydroxyl groups is 1. The fourth-order valence-corrected chi connectivity index (χ4v) is 2.77. The molecule has 0 aliphatic carbocycles. The number of benzene rings is 2. The van der Waals surface area contributed by atoms with Crippen LogP contribution in [-0.2, 0) is 6.42 Å². The lowest BCUT2D eigenvalue weighted by molar-refractivity contribution is 0.119. The van der Waals surface area contributed by atoms with Crippen LogP contribution in [0.3, 0.4) is 0 Å². The van der Waals surface area contributed by atoms with Crippen molar-refractivity contribution in [3.05, 3.63) is 53.6 Å². The van der Waals surface area contributed by atoms with Gasteiger partial charge in [-0.15, -0.1) is 0 Å². The molecule has 3 unspecified atom stereocenters. The number of methoxy groups -OCH3 is 2. The largest absolute Gasteiger partial charge is 0.508 e. The summed E-state index contributed by atoms with van der Waals surface area (Å²) >= 11 is 0. The molecular formula is C19H25NO4. The number of hydrogen-bond donors (Lipinski definition) is 3. The van der Waals surface area contributed by atoms with Crippen LogP contribution in [0.25, 0.3) is 0 Å². The Labute approximate surface area is 142 Å². The highest BCUT2D eigenvalue weighted by molar-refractivity contribution is 5.43. The van der Waals surface area contributed by atoms with E-state index in [9.17, 15) is 10.2 Å². The van der Waals surface area contributed by atoms with Crippen molar-refractivity contribution in [1.29, 1.82) is 0 Å². The number of phenols is 1. The molecule has 5 nitrogen and oxygen atoms in total. The first-order valence-corrected chi connectivity index (χ1v) is 7.90. The summed E-state index contributed by atoms with van der Waals surface area (Å²) < 4.78 is 10.5. The summed E-state index contributed by atoms with van der Waals surface area (Å²) in [6, 6.07) is 11.9. The summed E-state index contributed by atoms with van der Waals surface area (Å²) in [7, 11) is 3.19. The summed E-state index contributed by atoms with van der Waals surface area (Å²) in [6.45, 7) is 1.98. The smallest absolute Gasteiger partial charge is 0.160 e. The average Bonchev–Trinajstić information content (AvgIpc) is 2.60. The van der Waals surface area contributed by atoms with Crippen LogP contribution in [0.4, 0.5) is 0 Å². The molecule has 0 radical (unpaired) electrons. The van der Waals surface area contributed by atoms with E-state index in [0.717, 1.165) is 5.56 Å². The molecule has 0 bridgehead atoms. The third-order valence-corrected chi connectivity index (χ3v) is 4.28. The molecule has 0 aliphatic rings. The van der Waals surface area contributed by atoms with Crippen molar-refractivity contribution < 1.29 is 19.7 Å². The predicted octanol–water partition coefficient (Wildman–Crippen LogP) is 2.65. The van der Waals surface area contributed by atoms with Crippen molar-refractivity contribution in [2.45, 2.75) is 25.5 Å². The van der Waals surface area contributed by atoms with Crippen LogP contribution in [0.1, 0.15) is 24.2 Å². The maximum Gasteiger partial charge on any atom is 0.160 e. The highest BCUT2D eigenvalue weighted by Crippen LogP contribution is 2.31. The second kappa shape index (κ2) is 8.04. The summed E-state index contributed by atoms with van der Waals surface area (Å²) in [6.07, 6.45) is -0.257. The normalized spacial score (nSPS) is 14.7. The molecule has 130 valence electrons. The molecule has 0 fully saturated rings. The van der Waals surface area contributed by atoms with E-state index in [-0.39, 0.29) is 11.7 Å². The van der Waals surface area contributed by atoms with E-state index in [2.05, 4.69) is 0 Å². The molecule has 0 saturated carbocycles. The number of aliphatic hydroxyl groups excluding tert-OH is 1. The molecule has 5 heteroatoms. The zero-order chi connectivity index (χ0) is 17.7. The number of ether oxygens (including phenoxy) is 2. The molecule has 2 aromatic carbocycles. The van der Waals surface area contributed by atoms with Crippen LogP contribution in [-0.4, -0.2) is 30.5 Å². The van der Waals surface area contributed by atoms with E-state index < -0.39 is 12.1 Å². The maximum absolute atomic E-state index is 10.5. The van der Waals surface area contributed by atoms with E-state index in [1.165, 1.54) is 0 Å². The van der Waals surface area contributed by atoms with Crippen LogP contribution in [0.15, 0.2) is 42.5 Å². The second-order valence-electron chi connectivity index (χ2n) is 5.95. The monoisotopic (exact) mass is 331 g/mol. The fourth-order valence-electron chi connectivity index (χ4n) is 2.77. The molecule has 0 saturated heterocycles. The summed E-state index contributed by atoms with van der Waals surface area (Å²) in [5, 5.41) is 20.4. The SMILES string of the molecule is COc1ccc(CC(C)C(N)C(O)c2ccccc2O)cc1OC. The maximum atomic E-state index is 10.5. The quantitative estimate of drug-likeness (QED) is 0.726. The number of rotatable bonds is 7. The van der Waals surface area contributed by atoms with Gasteiger partial charge in [0.1, 0.15) is 5.75 Å². The Hall–Kier alpha value is -2.24.